The number of likely N-dealkylation sites (tertiary alicyclic amines) is 2. The van der Waals surface area contributed by atoms with Gasteiger partial charge in [0.15, 0.2) is 11.6 Å². The summed E-state index contributed by atoms with van der Waals surface area (Å²) in [5, 5.41) is 8.23. The van der Waals surface area contributed by atoms with Gasteiger partial charge in [0.05, 0.1) is 76.0 Å². The summed E-state index contributed by atoms with van der Waals surface area (Å²) in [6.45, 7) is 5.60. The van der Waals surface area contributed by atoms with Gasteiger partial charge in [-0.1, -0.05) is 37.1 Å². The summed E-state index contributed by atoms with van der Waals surface area (Å²) >= 11 is 0. The number of alkyl carbamates (subject to hydrolysis) is 2. The SMILES string of the molecule is COC[C@H]1C[C@@H](C(=O)Nc2ccc([C@H]3CC[C@@H]4c5cc6[nH]c([C@@H]7CCCN7C(=O)[C@@H](NC(=O)OC)[C@@H](C)OC)nc6cc5-c5c(cc(F)c(N6CC[Si]7(CCCC7)CC6)c5F)N34)cc2)N(C(=O)[C@@H](NC(=O)OC)[C@@H](C)OC)C1. The Labute approximate surface area is 454 Å². The molecule has 4 aromatic rings. The second-order valence-electron chi connectivity index (χ2n) is 22.2. The van der Waals surface area contributed by atoms with Crippen LogP contribution in [0.3, 0.4) is 0 Å². The highest BCUT2D eigenvalue weighted by molar-refractivity contribution is 6.80. The highest BCUT2D eigenvalue weighted by Crippen LogP contribution is 2.58. The van der Waals surface area contributed by atoms with E-state index in [2.05, 4.69) is 25.8 Å². The van der Waals surface area contributed by atoms with E-state index in [0.717, 1.165) is 28.7 Å². The topological polar surface area (TPSA) is 209 Å². The van der Waals surface area contributed by atoms with E-state index in [-0.39, 0.29) is 36.1 Å². The van der Waals surface area contributed by atoms with E-state index in [4.69, 9.17) is 28.7 Å². The smallest absolute Gasteiger partial charge is 0.407 e. The molecule has 1 aromatic heterocycles. The molecule has 10 rings (SSSR count). The number of imidazole rings is 1. The highest BCUT2D eigenvalue weighted by atomic mass is 28.3. The number of methoxy groups -OCH3 is 5. The first kappa shape index (κ1) is 55.0. The minimum atomic E-state index is -1.43. The summed E-state index contributed by atoms with van der Waals surface area (Å²) in [6.07, 6.45) is 2.57. The number of ether oxygens (including phenoxy) is 5. The van der Waals surface area contributed by atoms with Crippen LogP contribution in [0.15, 0.2) is 42.5 Å². The van der Waals surface area contributed by atoms with Crippen LogP contribution < -0.4 is 25.8 Å². The lowest BCUT2D eigenvalue weighted by Crippen LogP contribution is -2.56. The standard InChI is InChI=1S/C56H73F2N9O10Si/c1-31(74-4)48(62-55(71)76-6)53(69)65-18-10-11-43(65)51-60-39-26-36-37(27-40(39)61-51)46-44(28-38(57)50(47(46)58)64-19-23-78(24-20-64)21-8-9-22-78)67-41(16-17-42(36)67)34-12-14-35(15-13-34)59-52(68)45-25-33(30-73-3)29-66(45)54(70)49(32(2)75-5)63-56(72)77-7/h12-15,26-28,31-33,41-43,45,48-49H,8-11,16-25,29-30H2,1-7H3,(H,59,68)(H,60,61)(H,62,71)(H,63,72)/t31-,32-,33+,41-,42-,43+,45+,48+,49+/m1/s1. The van der Waals surface area contributed by atoms with Crippen LogP contribution in [-0.4, -0.2) is 156 Å². The molecule has 3 aromatic carbocycles. The zero-order valence-electron chi connectivity index (χ0n) is 45.6. The Morgan fingerprint density at radius 2 is 1.41 bits per heavy atom. The van der Waals surface area contributed by atoms with Crippen LogP contribution in [0.25, 0.3) is 22.2 Å². The van der Waals surface area contributed by atoms with E-state index in [0.29, 0.717) is 92.2 Å². The predicted octanol–water partition coefficient (Wildman–Crippen LogP) is 7.95. The van der Waals surface area contributed by atoms with Gasteiger partial charge in [-0.2, -0.15) is 0 Å². The molecule has 22 heteroatoms. The summed E-state index contributed by atoms with van der Waals surface area (Å²) in [5.74, 6) is -1.98. The van der Waals surface area contributed by atoms with Crippen LogP contribution in [0.4, 0.5) is 35.4 Å². The van der Waals surface area contributed by atoms with Crippen molar-refractivity contribution in [2.75, 3.05) is 83.5 Å². The quantitative estimate of drug-likeness (QED) is 0.0835. The number of amides is 5. The number of H-pyrrole nitrogens is 1. The molecule has 0 bridgehead atoms. The molecule has 6 aliphatic heterocycles. The fraction of sp³-hybridized carbons (Fsp3) is 0.571. The molecular weight excluding hydrogens is 1020 g/mol. The van der Waals surface area contributed by atoms with Gasteiger partial charge in [0.25, 0.3) is 0 Å². The molecular formula is C56H73F2N9O10Si. The van der Waals surface area contributed by atoms with Crippen LogP contribution in [-0.2, 0) is 38.1 Å². The second-order valence-corrected chi connectivity index (χ2v) is 27.2. The minimum absolute atomic E-state index is 0.0127. The lowest BCUT2D eigenvalue weighted by Gasteiger charge is -2.42. The number of benzene rings is 3. The number of hydrogen-bond acceptors (Lipinski definition) is 13. The van der Waals surface area contributed by atoms with Gasteiger partial charge < -0.3 is 64.2 Å². The molecule has 5 saturated heterocycles. The lowest BCUT2D eigenvalue weighted by molar-refractivity contribution is -0.141. The number of hydrogen-bond donors (Lipinski definition) is 4. The molecule has 0 unspecified atom stereocenters. The fourth-order valence-corrected chi connectivity index (χ4v) is 18.5. The van der Waals surface area contributed by atoms with Crippen molar-refractivity contribution in [3.8, 4) is 11.1 Å². The predicted molar refractivity (Wildman–Crippen MR) is 291 cm³/mol. The summed E-state index contributed by atoms with van der Waals surface area (Å²) in [5.41, 5.74) is 5.02. The second kappa shape index (κ2) is 22.8. The van der Waals surface area contributed by atoms with Gasteiger partial charge in [-0.05, 0) is 99.0 Å². The van der Waals surface area contributed by atoms with Crippen molar-refractivity contribution in [1.82, 2.24) is 30.4 Å². The van der Waals surface area contributed by atoms with Crippen LogP contribution in [0.1, 0.15) is 93.9 Å². The summed E-state index contributed by atoms with van der Waals surface area (Å²) in [4.78, 5) is 83.0. The maximum absolute atomic E-state index is 18.0. The van der Waals surface area contributed by atoms with Crippen molar-refractivity contribution in [1.29, 1.82) is 0 Å². The first-order valence-corrected chi connectivity index (χ1v) is 30.3. The molecule has 4 N–H and O–H groups in total. The van der Waals surface area contributed by atoms with Crippen molar-refractivity contribution in [2.45, 2.75) is 131 Å². The molecule has 9 atom stereocenters. The molecule has 0 saturated carbocycles. The largest absolute Gasteiger partial charge is 0.453 e. The van der Waals surface area contributed by atoms with E-state index in [9.17, 15) is 24.0 Å². The summed E-state index contributed by atoms with van der Waals surface area (Å²) < 4.78 is 61.0. The normalized spacial score (nSPS) is 23.8. The lowest BCUT2D eigenvalue weighted by atomic mass is 9.86. The van der Waals surface area contributed by atoms with Gasteiger partial charge in [-0.15, -0.1) is 0 Å². The number of anilines is 3. The van der Waals surface area contributed by atoms with E-state index in [1.54, 1.807) is 38.0 Å². The Balaban J connectivity index is 0.964. The van der Waals surface area contributed by atoms with Crippen molar-refractivity contribution >= 4 is 66.1 Å². The van der Waals surface area contributed by atoms with Gasteiger partial charge in [-0.3, -0.25) is 14.4 Å². The first-order valence-electron chi connectivity index (χ1n) is 27.5. The van der Waals surface area contributed by atoms with Gasteiger partial charge in [0.1, 0.15) is 29.6 Å². The molecule has 420 valence electrons. The average molecular weight is 1100 g/mol. The summed E-state index contributed by atoms with van der Waals surface area (Å²) in [7, 11) is 5.48. The highest BCUT2D eigenvalue weighted by Gasteiger charge is 2.47. The Morgan fingerprint density at radius 3 is 2.04 bits per heavy atom. The van der Waals surface area contributed by atoms with Gasteiger partial charge in [-0.25, -0.2) is 23.4 Å². The van der Waals surface area contributed by atoms with Crippen LogP contribution in [0, 0.1) is 17.6 Å². The first-order chi connectivity index (χ1) is 37.6. The van der Waals surface area contributed by atoms with Crippen molar-refractivity contribution in [3.05, 3.63) is 71.1 Å². The van der Waals surface area contributed by atoms with E-state index in [1.807, 2.05) is 29.2 Å². The molecule has 5 fully saturated rings. The molecule has 1 spiro atoms. The number of halogens is 2. The third-order valence-electron chi connectivity index (χ3n) is 17.9. The molecule has 6 aliphatic rings. The van der Waals surface area contributed by atoms with Crippen molar-refractivity contribution in [3.63, 3.8) is 0 Å². The number of nitrogens with zero attached hydrogens (tertiary/aromatic N) is 5. The number of carbonyl (C=O) groups excluding carboxylic acids is 5. The number of nitrogens with one attached hydrogen (secondary N) is 4. The number of fused-ring (bicyclic) bond motifs is 7. The Morgan fingerprint density at radius 1 is 0.769 bits per heavy atom. The summed E-state index contributed by atoms with van der Waals surface area (Å²) in [6, 6.07) is 13.6. The monoisotopic (exact) mass is 1100 g/mol. The zero-order valence-corrected chi connectivity index (χ0v) is 46.6. The van der Waals surface area contributed by atoms with Gasteiger partial charge >= 0.3 is 12.2 Å². The number of carbonyl (C=O) groups is 5. The average Bonchev–Trinajstić information content (AvgIpc) is 4.38. The Bertz CT molecular complexity index is 2910. The van der Waals surface area contributed by atoms with Crippen molar-refractivity contribution < 1.29 is 56.4 Å². The van der Waals surface area contributed by atoms with E-state index >= 15 is 8.78 Å². The molecule has 0 aliphatic carbocycles. The maximum atomic E-state index is 18.0. The molecule has 78 heavy (non-hydrogen) atoms. The fourth-order valence-electron chi connectivity index (χ4n) is 13.6. The van der Waals surface area contributed by atoms with Gasteiger partial charge in [0.2, 0.25) is 17.7 Å². The molecule has 5 amide bonds. The van der Waals surface area contributed by atoms with Crippen LogP contribution in [0.2, 0.25) is 24.2 Å². The number of aromatic nitrogens is 2. The van der Waals surface area contributed by atoms with Crippen LogP contribution in [0.5, 0.6) is 0 Å². The zero-order chi connectivity index (χ0) is 55.2. The Hall–Kier alpha value is -6.36. The van der Waals surface area contributed by atoms with E-state index in [1.165, 1.54) is 64.3 Å². The third-order valence-corrected chi connectivity index (χ3v) is 23.3. The molecule has 0 radical (unpaired) electrons. The van der Waals surface area contributed by atoms with Crippen LogP contribution >= 0.6 is 0 Å². The maximum Gasteiger partial charge on any atom is 0.407 e. The van der Waals surface area contributed by atoms with Crippen molar-refractivity contribution in [2.24, 2.45) is 5.92 Å². The molecule has 7 heterocycles. The Kier molecular flexibility index (Phi) is 16.1. The number of aromatic amines is 1. The number of rotatable bonds is 15. The minimum Gasteiger partial charge on any atom is -0.453 e. The molecule has 19 nitrogen and oxygen atoms in total. The van der Waals surface area contributed by atoms with Gasteiger partial charge in [0, 0.05) is 70.7 Å². The van der Waals surface area contributed by atoms with E-state index < -0.39 is 80.1 Å². The third kappa shape index (κ3) is 10.3.